The van der Waals surface area contributed by atoms with E-state index < -0.39 is 23.7 Å². The molecule has 208 valence electrons. The number of ether oxygens (including phenoxy) is 1. The zero-order valence-corrected chi connectivity index (χ0v) is 21.7. The molecule has 0 bridgehead atoms. The van der Waals surface area contributed by atoms with Crippen molar-refractivity contribution in [2.24, 2.45) is 7.05 Å². The van der Waals surface area contributed by atoms with E-state index in [1.54, 1.807) is 6.07 Å². The summed E-state index contributed by atoms with van der Waals surface area (Å²) in [5, 5.41) is 32.0. The van der Waals surface area contributed by atoms with Gasteiger partial charge in [0, 0.05) is 45.0 Å². The summed E-state index contributed by atoms with van der Waals surface area (Å²) in [6.45, 7) is 0.248. The Labute approximate surface area is 228 Å². The highest BCUT2D eigenvalue weighted by atomic mass is 35.5. The third-order valence-electron chi connectivity index (χ3n) is 6.23. The number of aromatic nitrogens is 9. The standard InChI is InChI=1S/C24H20ClF4N9O2/c1-35-20(9-21(32-35)24(27,28)29)15-10-31-36(11-15)17(7-8-40-2)18-5-3-14(12-38(18)39)22-19(37-13-30-33-34-37)6-4-16(25)23(22)26/h3-6,9-13,17H,7-8H2,1-2H3/t17-/m1/s1. The third-order valence-corrected chi connectivity index (χ3v) is 6.52. The number of hydrogen-bond acceptors (Lipinski definition) is 7. The summed E-state index contributed by atoms with van der Waals surface area (Å²) in [5.41, 5.74) is 0.267. The van der Waals surface area contributed by atoms with Gasteiger partial charge in [-0.25, -0.2) is 4.39 Å². The zero-order valence-electron chi connectivity index (χ0n) is 20.9. The average Bonchev–Trinajstić information content (AvgIpc) is 3.67. The first-order chi connectivity index (χ1) is 19.1. The summed E-state index contributed by atoms with van der Waals surface area (Å²) in [4.78, 5) is 0. The Hall–Kier alpha value is -4.37. The number of rotatable bonds is 8. The minimum absolute atomic E-state index is 0.0162. The number of hydrogen-bond donors (Lipinski definition) is 0. The number of halogens is 5. The van der Waals surface area contributed by atoms with Crippen LogP contribution in [0.25, 0.3) is 28.1 Å². The molecule has 5 aromatic rings. The van der Waals surface area contributed by atoms with Gasteiger partial charge in [0.2, 0.25) is 5.69 Å². The molecule has 1 atom stereocenters. The van der Waals surface area contributed by atoms with Crippen LogP contribution in [0.5, 0.6) is 0 Å². The van der Waals surface area contributed by atoms with Gasteiger partial charge >= 0.3 is 6.18 Å². The van der Waals surface area contributed by atoms with Crippen molar-refractivity contribution >= 4 is 11.6 Å². The number of alkyl halides is 3. The first-order valence-corrected chi connectivity index (χ1v) is 12.1. The Morgan fingerprint density at radius 3 is 2.62 bits per heavy atom. The van der Waals surface area contributed by atoms with Crippen molar-refractivity contribution < 1.29 is 27.0 Å². The van der Waals surface area contributed by atoms with E-state index in [0.717, 1.165) is 10.7 Å². The molecular formula is C24H20ClF4N9O2. The first kappa shape index (κ1) is 27.2. The van der Waals surface area contributed by atoms with Crippen LogP contribution in [-0.2, 0) is 18.0 Å². The summed E-state index contributed by atoms with van der Waals surface area (Å²) in [6.07, 6.45) is 1.09. The number of aryl methyl sites for hydroxylation is 1. The molecule has 11 nitrogen and oxygen atoms in total. The smallest absolute Gasteiger partial charge is 0.435 e. The van der Waals surface area contributed by atoms with Crippen LogP contribution in [0.15, 0.2) is 55.2 Å². The molecule has 5 rings (SSSR count). The maximum Gasteiger partial charge on any atom is 0.435 e. The van der Waals surface area contributed by atoms with Crippen molar-refractivity contribution in [3.8, 4) is 28.1 Å². The van der Waals surface area contributed by atoms with Gasteiger partial charge in [0.25, 0.3) is 0 Å². The van der Waals surface area contributed by atoms with Gasteiger partial charge < -0.3 is 9.94 Å². The lowest BCUT2D eigenvalue weighted by molar-refractivity contribution is -0.615. The van der Waals surface area contributed by atoms with E-state index in [-0.39, 0.29) is 39.8 Å². The van der Waals surface area contributed by atoms with Crippen molar-refractivity contribution in [1.82, 2.24) is 39.8 Å². The molecule has 0 fully saturated rings. The summed E-state index contributed by atoms with van der Waals surface area (Å²) >= 11 is 6.03. The van der Waals surface area contributed by atoms with E-state index in [4.69, 9.17) is 16.3 Å². The lowest BCUT2D eigenvalue weighted by atomic mass is 10.0. The normalized spacial score (nSPS) is 12.7. The third kappa shape index (κ3) is 5.12. The summed E-state index contributed by atoms with van der Waals surface area (Å²) in [6, 6.07) is 6.20. The fourth-order valence-electron chi connectivity index (χ4n) is 4.34. The molecule has 16 heteroatoms. The molecular weight excluding hydrogens is 558 g/mol. The molecule has 0 unspecified atom stereocenters. The van der Waals surface area contributed by atoms with Crippen LogP contribution in [0, 0.1) is 11.0 Å². The quantitative estimate of drug-likeness (QED) is 0.155. The lowest BCUT2D eigenvalue weighted by Crippen LogP contribution is -2.36. The van der Waals surface area contributed by atoms with Gasteiger partial charge in [-0.2, -0.15) is 32.8 Å². The Balaban J connectivity index is 1.54. The van der Waals surface area contributed by atoms with E-state index in [0.29, 0.717) is 16.7 Å². The van der Waals surface area contributed by atoms with E-state index in [9.17, 15) is 18.4 Å². The number of methoxy groups -OCH3 is 1. The number of nitrogens with zero attached hydrogens (tertiary/aromatic N) is 9. The minimum atomic E-state index is -4.60. The van der Waals surface area contributed by atoms with Crippen LogP contribution in [0.1, 0.15) is 23.9 Å². The van der Waals surface area contributed by atoms with Crippen LogP contribution in [0.2, 0.25) is 5.02 Å². The highest BCUT2D eigenvalue weighted by Gasteiger charge is 2.35. The number of tetrazole rings is 1. The van der Waals surface area contributed by atoms with Crippen molar-refractivity contribution in [3.63, 3.8) is 0 Å². The Kier molecular flexibility index (Phi) is 7.25. The number of benzene rings is 1. The van der Waals surface area contributed by atoms with Gasteiger partial charge in [-0.1, -0.05) is 11.6 Å². The van der Waals surface area contributed by atoms with Crippen molar-refractivity contribution in [3.05, 3.63) is 82.7 Å². The number of pyridine rings is 1. The molecule has 40 heavy (non-hydrogen) atoms. The van der Waals surface area contributed by atoms with Crippen molar-refractivity contribution in [1.29, 1.82) is 0 Å². The molecule has 0 N–H and O–H groups in total. The molecule has 0 aliphatic carbocycles. The molecule has 0 amide bonds. The molecule has 4 heterocycles. The monoisotopic (exact) mass is 577 g/mol. The first-order valence-electron chi connectivity index (χ1n) is 11.7. The second-order valence-electron chi connectivity index (χ2n) is 8.72. The molecule has 0 spiro atoms. The van der Waals surface area contributed by atoms with Gasteiger partial charge in [-0.15, -0.1) is 5.10 Å². The molecule has 0 aliphatic rings. The Morgan fingerprint density at radius 1 is 1.18 bits per heavy atom. The Bertz CT molecular complexity index is 1650. The van der Waals surface area contributed by atoms with Crippen LogP contribution in [-0.4, -0.2) is 53.5 Å². The summed E-state index contributed by atoms with van der Waals surface area (Å²) in [7, 11) is 2.89. The molecule has 0 radical (unpaired) electrons. The van der Waals surface area contributed by atoms with Crippen molar-refractivity contribution in [2.75, 3.05) is 13.7 Å². The fraction of sp³-hybridized carbons (Fsp3) is 0.250. The predicted molar refractivity (Wildman–Crippen MR) is 133 cm³/mol. The van der Waals surface area contributed by atoms with E-state index in [1.165, 1.54) is 66.6 Å². The summed E-state index contributed by atoms with van der Waals surface area (Å²) < 4.78 is 64.3. The molecule has 0 aliphatic heterocycles. The molecule has 0 saturated carbocycles. The van der Waals surface area contributed by atoms with Crippen LogP contribution >= 0.6 is 11.6 Å². The second kappa shape index (κ2) is 10.7. The molecule has 0 saturated heterocycles. The minimum Gasteiger partial charge on any atom is -0.618 e. The SMILES string of the molecule is COCC[C@H](c1ccc(-c2c(-n3cnnn3)ccc(Cl)c2F)c[n+]1[O-])n1cc(-c2cc(C(F)(F)F)nn2C)cn1. The Morgan fingerprint density at radius 2 is 1.98 bits per heavy atom. The van der Waals surface area contributed by atoms with Gasteiger partial charge in [-0.05, 0) is 34.7 Å². The van der Waals surface area contributed by atoms with Crippen molar-refractivity contribution in [2.45, 2.75) is 18.6 Å². The van der Waals surface area contributed by atoms with E-state index in [1.807, 2.05) is 0 Å². The lowest BCUT2D eigenvalue weighted by Gasteiger charge is -2.18. The average molecular weight is 578 g/mol. The van der Waals surface area contributed by atoms with Gasteiger partial charge in [0.05, 0.1) is 33.7 Å². The van der Waals surface area contributed by atoms with Crippen LogP contribution < -0.4 is 4.73 Å². The topological polar surface area (TPSA) is 115 Å². The fourth-order valence-corrected chi connectivity index (χ4v) is 4.50. The maximum absolute atomic E-state index is 15.2. The zero-order chi connectivity index (χ0) is 28.6. The van der Waals surface area contributed by atoms with Gasteiger partial charge in [0.1, 0.15) is 12.4 Å². The maximum atomic E-state index is 15.2. The molecule has 1 aromatic carbocycles. The predicted octanol–water partition coefficient (Wildman–Crippen LogP) is 4.00. The largest absolute Gasteiger partial charge is 0.618 e. The van der Waals surface area contributed by atoms with E-state index in [2.05, 4.69) is 25.7 Å². The van der Waals surface area contributed by atoms with Gasteiger partial charge in [0.15, 0.2) is 17.7 Å². The second-order valence-corrected chi connectivity index (χ2v) is 9.13. The highest BCUT2D eigenvalue weighted by Crippen LogP contribution is 2.34. The molecule has 4 aromatic heterocycles. The van der Waals surface area contributed by atoms with Crippen LogP contribution in [0.4, 0.5) is 17.6 Å². The van der Waals surface area contributed by atoms with Crippen LogP contribution in [0.3, 0.4) is 0 Å². The highest BCUT2D eigenvalue weighted by molar-refractivity contribution is 6.31. The van der Waals surface area contributed by atoms with Gasteiger partial charge in [-0.3, -0.25) is 9.36 Å². The summed E-state index contributed by atoms with van der Waals surface area (Å²) in [5.74, 6) is -0.760. The van der Waals surface area contributed by atoms with E-state index >= 15 is 4.39 Å².